The van der Waals surface area contributed by atoms with Gasteiger partial charge >= 0.3 is 58.2 Å². The van der Waals surface area contributed by atoms with Crippen LogP contribution in [0.4, 0.5) is 5.69 Å². The molecule has 0 atom stereocenters. The maximum atomic E-state index is 9.83. The summed E-state index contributed by atoms with van der Waals surface area (Å²) in [5.41, 5.74) is 4.46. The first kappa shape index (κ1) is 21.9. The third kappa shape index (κ3) is 6.58. The van der Waals surface area contributed by atoms with Crippen LogP contribution in [0.5, 0.6) is 0 Å². The SMILES string of the molecule is Cc1cc2cccc(C)c2[nH]1.O=CNc1[c-]cc[c-]c1.[Rb+].[Re]. The number of para-hydroxylation sites is 1. The molecule has 3 aromatic rings. The van der Waals surface area contributed by atoms with Gasteiger partial charge in [0.15, 0.2) is 6.41 Å². The van der Waals surface area contributed by atoms with Gasteiger partial charge in [0.2, 0.25) is 0 Å². The van der Waals surface area contributed by atoms with Crippen LogP contribution in [0, 0.1) is 26.0 Å². The van der Waals surface area contributed by atoms with E-state index in [1.807, 2.05) is 0 Å². The second-order valence-electron chi connectivity index (χ2n) is 4.46. The largest absolute Gasteiger partial charge is 1.00 e. The number of benzene rings is 2. The van der Waals surface area contributed by atoms with Crippen LogP contribution in [0.1, 0.15) is 11.3 Å². The number of carbonyl (C=O) groups excluding carboxylic acids is 1. The maximum Gasteiger partial charge on any atom is 1.00 e. The second kappa shape index (κ2) is 11.5. The fourth-order valence-electron chi connectivity index (χ4n) is 1.95. The molecule has 2 aromatic carbocycles. The van der Waals surface area contributed by atoms with Crippen molar-refractivity contribution in [1.29, 1.82) is 0 Å². The van der Waals surface area contributed by atoms with Gasteiger partial charge in [-0.1, -0.05) is 18.2 Å². The molecule has 2 N–H and O–H groups in total. The smallest absolute Gasteiger partial charge is 0.405 e. The molecule has 0 fully saturated rings. The summed E-state index contributed by atoms with van der Waals surface area (Å²) in [6, 6.07) is 19.2. The quantitative estimate of drug-likeness (QED) is 0.367. The van der Waals surface area contributed by atoms with Crippen molar-refractivity contribution < 1.29 is 83.4 Å². The van der Waals surface area contributed by atoms with Gasteiger partial charge in [-0.05, 0) is 30.9 Å². The van der Waals surface area contributed by atoms with Crippen LogP contribution in [-0.2, 0) is 25.2 Å². The van der Waals surface area contributed by atoms with Crippen LogP contribution in [-0.4, -0.2) is 11.4 Å². The van der Waals surface area contributed by atoms with Crippen LogP contribution >= 0.6 is 0 Å². The van der Waals surface area contributed by atoms with Gasteiger partial charge < -0.3 is 16.4 Å². The Morgan fingerprint density at radius 2 is 2.00 bits per heavy atom. The number of anilines is 1. The monoisotopic (exact) mass is 536 g/mol. The van der Waals surface area contributed by atoms with E-state index < -0.39 is 0 Å². The van der Waals surface area contributed by atoms with E-state index in [2.05, 4.69) is 60.5 Å². The summed E-state index contributed by atoms with van der Waals surface area (Å²) < 4.78 is 0. The van der Waals surface area contributed by atoms with Gasteiger partial charge in [-0.2, -0.15) is 5.69 Å². The van der Waals surface area contributed by atoms with Crippen molar-refractivity contribution in [3.8, 4) is 0 Å². The first-order chi connectivity index (χ1) is 9.70. The van der Waals surface area contributed by atoms with Gasteiger partial charge in [0.05, 0.1) is 0 Å². The normalized spacial score (nSPS) is 8.82. The van der Waals surface area contributed by atoms with E-state index in [4.69, 9.17) is 0 Å². The Kier molecular flexibility index (Phi) is 11.4. The molecule has 22 heavy (non-hydrogen) atoms. The zero-order valence-corrected chi connectivity index (χ0v) is 20.5. The van der Waals surface area contributed by atoms with Crippen LogP contribution < -0.4 is 63.5 Å². The van der Waals surface area contributed by atoms with Crippen LogP contribution in [0.25, 0.3) is 10.9 Å². The zero-order chi connectivity index (χ0) is 14.4. The molecule has 0 bridgehead atoms. The first-order valence-corrected chi connectivity index (χ1v) is 6.33. The Morgan fingerprint density at radius 3 is 2.59 bits per heavy atom. The number of nitrogens with one attached hydrogen (secondary N) is 2. The van der Waals surface area contributed by atoms with E-state index in [9.17, 15) is 4.79 Å². The molecule has 0 aliphatic carbocycles. The molecular weight excluding hydrogens is 520 g/mol. The minimum atomic E-state index is 0. The first-order valence-electron chi connectivity index (χ1n) is 6.33. The summed E-state index contributed by atoms with van der Waals surface area (Å²) in [7, 11) is 0. The molecule has 0 unspecified atom stereocenters. The molecule has 1 heterocycles. The van der Waals surface area contributed by atoms with E-state index in [0.29, 0.717) is 12.1 Å². The Morgan fingerprint density at radius 1 is 1.23 bits per heavy atom. The molecule has 1 radical (unpaired) electrons. The molecule has 1 aromatic heterocycles. The number of carbonyl (C=O) groups is 1. The molecule has 3 rings (SSSR count). The summed E-state index contributed by atoms with van der Waals surface area (Å²) in [5.74, 6) is 0. The summed E-state index contributed by atoms with van der Waals surface area (Å²) >= 11 is 0. The number of aromatic amines is 1. The van der Waals surface area contributed by atoms with Crippen molar-refractivity contribution >= 4 is 23.0 Å². The molecule has 3 nitrogen and oxygen atoms in total. The molecule has 0 spiro atoms. The van der Waals surface area contributed by atoms with Crippen molar-refractivity contribution in [3.05, 3.63) is 65.9 Å². The van der Waals surface area contributed by atoms with Gasteiger partial charge in [0.1, 0.15) is 0 Å². The summed E-state index contributed by atoms with van der Waals surface area (Å²) in [6.07, 6.45) is 0.611. The predicted octanol–water partition coefficient (Wildman–Crippen LogP) is 0.642. The summed E-state index contributed by atoms with van der Waals surface area (Å²) in [4.78, 5) is 13.2. The molecule has 1 amide bonds. The van der Waals surface area contributed by atoms with Crippen LogP contribution in [0.3, 0.4) is 0 Å². The number of fused-ring (bicyclic) bond motifs is 1. The average molecular weight is 536 g/mol. The van der Waals surface area contributed by atoms with E-state index in [1.54, 1.807) is 18.2 Å². The third-order valence-electron chi connectivity index (χ3n) is 2.86. The Balaban J connectivity index is 0.000000374. The summed E-state index contributed by atoms with van der Waals surface area (Å²) in [6.45, 7) is 4.21. The van der Waals surface area contributed by atoms with Crippen molar-refractivity contribution in [3.63, 3.8) is 0 Å². The third-order valence-corrected chi connectivity index (χ3v) is 2.86. The van der Waals surface area contributed by atoms with Gasteiger partial charge in [-0.25, -0.2) is 0 Å². The molecule has 0 aliphatic heterocycles. The van der Waals surface area contributed by atoms with Crippen molar-refractivity contribution in [2.45, 2.75) is 13.8 Å². The second-order valence-corrected chi connectivity index (χ2v) is 4.46. The fraction of sp³-hybridized carbons (Fsp3) is 0.118. The van der Waals surface area contributed by atoms with Crippen LogP contribution in [0.15, 0.2) is 42.5 Å². The number of hydrogen-bond donors (Lipinski definition) is 2. The van der Waals surface area contributed by atoms with Crippen molar-refractivity contribution in [1.82, 2.24) is 4.98 Å². The van der Waals surface area contributed by atoms with E-state index in [-0.39, 0.29) is 78.6 Å². The Labute approximate surface area is 193 Å². The number of hydrogen-bond acceptors (Lipinski definition) is 1. The topological polar surface area (TPSA) is 44.9 Å². The van der Waals surface area contributed by atoms with E-state index in [1.165, 1.54) is 22.2 Å². The number of amides is 1. The Bertz CT molecular complexity index is 698. The molecule has 0 saturated heterocycles. The van der Waals surface area contributed by atoms with Crippen molar-refractivity contribution in [2.75, 3.05) is 5.32 Å². The zero-order valence-electron chi connectivity index (χ0n) is 12.9. The number of H-pyrrole nitrogens is 1. The molecular formula is C17H16N2ORbRe-. The van der Waals surface area contributed by atoms with Gasteiger partial charge in [0.25, 0.3) is 0 Å². The molecule has 109 valence electrons. The fourth-order valence-corrected chi connectivity index (χ4v) is 1.95. The standard InChI is InChI=1S/C10H11N.C7H5NO.Rb.Re/c1-7-4-3-5-9-6-8(2)11-10(7)9;9-6-8-7-4-2-1-3-5-7;;/h3-6,11H,1-2H3;1-2,5-6H,(H,8,9);;/q;-2;+1;. The minimum absolute atomic E-state index is 0. The Hall–Kier alpha value is -0.0825. The van der Waals surface area contributed by atoms with Crippen LogP contribution in [0.2, 0.25) is 0 Å². The molecule has 5 heteroatoms. The van der Waals surface area contributed by atoms with Gasteiger partial charge in [-0.15, -0.1) is 0 Å². The van der Waals surface area contributed by atoms with Crippen molar-refractivity contribution in [2.24, 2.45) is 0 Å². The average Bonchev–Trinajstić information content (AvgIpc) is 2.83. The van der Waals surface area contributed by atoms with E-state index >= 15 is 0 Å². The maximum absolute atomic E-state index is 9.83. The molecule has 0 aliphatic rings. The minimum Gasteiger partial charge on any atom is -0.405 e. The number of rotatable bonds is 2. The molecule has 0 saturated carbocycles. The predicted molar refractivity (Wildman–Crippen MR) is 81.6 cm³/mol. The van der Waals surface area contributed by atoms with Gasteiger partial charge in [-0.3, -0.25) is 29.1 Å². The van der Waals surface area contributed by atoms with E-state index in [0.717, 1.165) is 0 Å². The van der Waals surface area contributed by atoms with Gasteiger partial charge in [0, 0.05) is 31.6 Å². The summed E-state index contributed by atoms with van der Waals surface area (Å²) in [5, 5.41) is 3.75. The number of aromatic nitrogens is 1. The number of aryl methyl sites for hydroxylation is 2.